The summed E-state index contributed by atoms with van der Waals surface area (Å²) in [4.78, 5) is 4.13. The quantitative estimate of drug-likeness (QED) is 0.309. The van der Waals surface area contributed by atoms with Crippen LogP contribution in [0.1, 0.15) is 31.9 Å². The summed E-state index contributed by atoms with van der Waals surface area (Å²) in [5.41, 5.74) is 5.35. The number of nitrogens with two attached hydrogens (primary N) is 1. The maximum absolute atomic E-state index is 13.9. The lowest BCUT2D eigenvalue weighted by Crippen LogP contribution is -2.58. The molecule has 0 saturated carbocycles. The van der Waals surface area contributed by atoms with Crippen molar-refractivity contribution in [3.05, 3.63) is 58.2 Å². The second-order valence-electron chi connectivity index (χ2n) is 8.25. The van der Waals surface area contributed by atoms with Gasteiger partial charge in [-0.2, -0.15) is 18.3 Å². The largest absolute Gasteiger partial charge is 0.482 e. The molecule has 1 aromatic carbocycles. The van der Waals surface area contributed by atoms with E-state index in [0.29, 0.717) is 11.1 Å². The fourth-order valence-electron chi connectivity index (χ4n) is 3.77. The molecular formula is C22H20Cl2F4N4O2. The molecule has 2 N–H and O–H groups in total. The van der Waals surface area contributed by atoms with E-state index in [1.165, 1.54) is 16.9 Å². The van der Waals surface area contributed by atoms with E-state index in [9.17, 15) is 17.6 Å². The fraction of sp³-hybridized carbons (Fsp3) is 0.364. The molecule has 1 fully saturated rings. The van der Waals surface area contributed by atoms with Crippen LogP contribution in [0.4, 0.5) is 23.4 Å². The highest BCUT2D eigenvalue weighted by molar-refractivity contribution is 6.36. The molecule has 34 heavy (non-hydrogen) atoms. The third kappa shape index (κ3) is 4.67. The number of aromatic nitrogens is 3. The molecule has 1 aliphatic heterocycles. The maximum atomic E-state index is 13.9. The highest BCUT2D eigenvalue weighted by Crippen LogP contribution is 2.45. The number of nitrogens with zero attached hydrogens (tertiary/aromatic N) is 3. The van der Waals surface area contributed by atoms with Gasteiger partial charge < -0.3 is 15.2 Å². The van der Waals surface area contributed by atoms with Gasteiger partial charge in [-0.1, -0.05) is 23.2 Å². The van der Waals surface area contributed by atoms with Crippen LogP contribution in [-0.2, 0) is 11.3 Å². The Hall–Kier alpha value is -2.56. The van der Waals surface area contributed by atoms with Gasteiger partial charge in [-0.05, 0) is 32.0 Å². The lowest BCUT2D eigenvalue weighted by Gasteiger charge is -2.46. The van der Waals surface area contributed by atoms with Crippen LogP contribution in [0.3, 0.4) is 0 Å². The van der Waals surface area contributed by atoms with Crippen LogP contribution in [0.5, 0.6) is 5.75 Å². The second kappa shape index (κ2) is 8.90. The molecule has 2 unspecified atom stereocenters. The topological polar surface area (TPSA) is 75.2 Å². The number of halogens is 6. The molecular weight excluding hydrogens is 499 g/mol. The maximum Gasteiger partial charge on any atom is 0.417 e. The normalized spacial score (nSPS) is 21.2. The molecule has 0 spiro atoms. The predicted molar refractivity (Wildman–Crippen MR) is 119 cm³/mol. The van der Waals surface area contributed by atoms with Gasteiger partial charge in [0, 0.05) is 40.5 Å². The first-order valence-corrected chi connectivity index (χ1v) is 11.0. The summed E-state index contributed by atoms with van der Waals surface area (Å²) in [5.74, 6) is -0.312. The van der Waals surface area contributed by atoms with E-state index in [2.05, 4.69) is 10.1 Å². The van der Waals surface area contributed by atoms with Gasteiger partial charge in [0.1, 0.15) is 11.9 Å². The average molecular weight is 519 g/mol. The highest BCUT2D eigenvalue weighted by atomic mass is 35.5. The first-order valence-electron chi connectivity index (χ1n) is 10.2. The van der Waals surface area contributed by atoms with Crippen LogP contribution in [0, 0.1) is 5.82 Å². The summed E-state index contributed by atoms with van der Waals surface area (Å²) >= 11 is 12.2. The number of hydrogen-bond donors (Lipinski definition) is 1. The number of nitrogen functional groups attached to an aromatic ring is 1. The Kier molecular flexibility index (Phi) is 6.43. The zero-order chi connectivity index (χ0) is 24.8. The van der Waals surface area contributed by atoms with Gasteiger partial charge in [0.15, 0.2) is 17.2 Å². The minimum atomic E-state index is -4.41. The summed E-state index contributed by atoms with van der Waals surface area (Å²) in [6.07, 6.45) is -1.18. The van der Waals surface area contributed by atoms with Crippen LogP contribution < -0.4 is 10.5 Å². The lowest BCUT2D eigenvalue weighted by molar-refractivity contribution is -0.344. The van der Waals surface area contributed by atoms with Crippen molar-refractivity contribution in [2.45, 2.75) is 50.8 Å². The fourth-order valence-corrected chi connectivity index (χ4v) is 4.45. The van der Waals surface area contributed by atoms with E-state index in [4.69, 9.17) is 38.4 Å². The van der Waals surface area contributed by atoms with Gasteiger partial charge in [-0.25, -0.2) is 9.37 Å². The van der Waals surface area contributed by atoms with E-state index < -0.39 is 29.8 Å². The van der Waals surface area contributed by atoms with Crippen molar-refractivity contribution in [1.82, 2.24) is 14.8 Å². The van der Waals surface area contributed by atoms with Gasteiger partial charge in [-0.3, -0.25) is 4.68 Å². The van der Waals surface area contributed by atoms with Crippen LogP contribution in [0.15, 0.2) is 36.8 Å². The summed E-state index contributed by atoms with van der Waals surface area (Å²) in [6.45, 7) is 2.85. The van der Waals surface area contributed by atoms with Crippen LogP contribution in [-0.4, -0.2) is 32.6 Å². The first-order chi connectivity index (χ1) is 15.9. The number of ether oxygens (including phenoxy) is 2. The molecule has 182 valence electrons. The Balaban J connectivity index is 1.48. The predicted octanol–water partition coefficient (Wildman–Crippen LogP) is 6.22. The zero-order valence-electron chi connectivity index (χ0n) is 18.0. The molecule has 12 heteroatoms. The smallest absolute Gasteiger partial charge is 0.417 e. The molecule has 1 saturated heterocycles. The van der Waals surface area contributed by atoms with E-state index in [0.717, 1.165) is 13.0 Å². The minimum absolute atomic E-state index is 0.0981. The van der Waals surface area contributed by atoms with Crippen molar-refractivity contribution in [3.63, 3.8) is 0 Å². The molecule has 0 radical (unpaired) electrons. The number of rotatable bonds is 6. The summed E-state index contributed by atoms with van der Waals surface area (Å²) in [7, 11) is 0. The van der Waals surface area contributed by atoms with Crippen molar-refractivity contribution in [1.29, 1.82) is 0 Å². The van der Waals surface area contributed by atoms with E-state index in [1.807, 2.05) is 0 Å². The number of hydrogen-bond acceptors (Lipinski definition) is 5. The van der Waals surface area contributed by atoms with E-state index >= 15 is 0 Å². The highest BCUT2D eigenvalue weighted by Gasteiger charge is 2.60. The monoisotopic (exact) mass is 518 g/mol. The summed E-state index contributed by atoms with van der Waals surface area (Å²) < 4.78 is 65.2. The van der Waals surface area contributed by atoms with Crippen LogP contribution in [0.2, 0.25) is 10.0 Å². The van der Waals surface area contributed by atoms with Crippen molar-refractivity contribution in [2.24, 2.45) is 0 Å². The van der Waals surface area contributed by atoms with E-state index in [1.54, 1.807) is 25.4 Å². The molecule has 3 aromatic rings. The summed E-state index contributed by atoms with van der Waals surface area (Å²) in [6, 6.07) is 4.17. The number of alkyl halides is 3. The zero-order valence-corrected chi connectivity index (χ0v) is 19.5. The van der Waals surface area contributed by atoms with Gasteiger partial charge in [0.05, 0.1) is 23.9 Å². The summed E-state index contributed by atoms with van der Waals surface area (Å²) in [5, 5.41) is 4.29. The lowest BCUT2D eigenvalue weighted by atomic mass is 9.90. The van der Waals surface area contributed by atoms with Gasteiger partial charge in [0.25, 0.3) is 0 Å². The Labute approximate surface area is 202 Å². The standard InChI is InChI=1S/C22H20Cl2F4N4O2/c1-11(18-15(23)3-4-16(25)19(18)24)33-17-5-12(7-30-20(17)29)13-8-31-32(9-13)10-14-6-21(2,34-14)22(26,27)28/h3-5,7-9,11,14H,6,10H2,1-2H3,(H2,29,30)/t11-,14?,21?/m1/s1. The molecule has 3 heterocycles. The SMILES string of the molecule is C[C@@H](Oc1cc(-c2cnn(CC3CC(C)(C(F)(F)F)O3)c2)cnc1N)c1c(Cl)ccc(F)c1Cl. The molecule has 3 atom stereocenters. The van der Waals surface area contributed by atoms with Crippen molar-refractivity contribution in [3.8, 4) is 16.9 Å². The Bertz CT molecular complexity index is 1210. The molecule has 6 nitrogen and oxygen atoms in total. The van der Waals surface area contributed by atoms with Gasteiger partial charge in [-0.15, -0.1) is 0 Å². The minimum Gasteiger partial charge on any atom is -0.482 e. The average Bonchev–Trinajstić information content (AvgIpc) is 3.19. The van der Waals surface area contributed by atoms with Crippen molar-refractivity contribution < 1.29 is 27.0 Å². The Morgan fingerprint density at radius 2 is 2.00 bits per heavy atom. The second-order valence-corrected chi connectivity index (χ2v) is 9.03. The third-order valence-electron chi connectivity index (χ3n) is 5.67. The van der Waals surface area contributed by atoms with Crippen LogP contribution in [0.25, 0.3) is 11.1 Å². The molecule has 1 aliphatic rings. The molecule has 0 bridgehead atoms. The van der Waals surface area contributed by atoms with Crippen molar-refractivity contribution in [2.75, 3.05) is 5.73 Å². The third-order valence-corrected chi connectivity index (χ3v) is 6.39. The van der Waals surface area contributed by atoms with Gasteiger partial charge >= 0.3 is 6.18 Å². The first kappa shape index (κ1) is 24.6. The number of pyridine rings is 1. The van der Waals surface area contributed by atoms with Gasteiger partial charge in [0.2, 0.25) is 0 Å². The van der Waals surface area contributed by atoms with Crippen LogP contribution >= 0.6 is 23.2 Å². The molecule has 0 aliphatic carbocycles. The van der Waals surface area contributed by atoms with Crippen molar-refractivity contribution >= 4 is 29.0 Å². The molecule has 2 aromatic heterocycles. The van der Waals surface area contributed by atoms with E-state index in [-0.39, 0.29) is 40.1 Å². The number of benzene rings is 1. The number of anilines is 1. The molecule has 0 amide bonds. The Morgan fingerprint density at radius 1 is 1.29 bits per heavy atom. The molecule has 4 rings (SSSR count). The Morgan fingerprint density at radius 3 is 2.68 bits per heavy atom.